The Morgan fingerprint density at radius 2 is 1.70 bits per heavy atom. The van der Waals surface area contributed by atoms with Crippen molar-refractivity contribution in [3.8, 4) is 5.75 Å². The van der Waals surface area contributed by atoms with E-state index in [0.717, 1.165) is 12.1 Å². The van der Waals surface area contributed by atoms with Crippen LogP contribution in [0.2, 0.25) is 10.0 Å². The summed E-state index contributed by atoms with van der Waals surface area (Å²) >= 11 is 12.4. The first-order valence-corrected chi connectivity index (χ1v) is 11.2. The lowest BCUT2D eigenvalue weighted by Crippen LogP contribution is -2.41. The fourth-order valence-electron chi connectivity index (χ4n) is 2.85. The average molecular weight is 476 g/mol. The van der Waals surface area contributed by atoms with Gasteiger partial charge in [-0.05, 0) is 39.8 Å². The molecular formula is C19H21BCl2FNO5S. The molecule has 0 radical (unpaired) electrons. The van der Waals surface area contributed by atoms with Crippen molar-refractivity contribution in [2.24, 2.45) is 0 Å². The number of halogens is 3. The molecule has 1 N–H and O–H groups in total. The zero-order chi connectivity index (χ0) is 22.5. The number of benzene rings is 2. The van der Waals surface area contributed by atoms with Gasteiger partial charge in [0.1, 0.15) is 16.5 Å². The highest BCUT2D eigenvalue weighted by atomic mass is 35.5. The Bertz CT molecular complexity index is 1080. The van der Waals surface area contributed by atoms with Crippen molar-refractivity contribution in [2.45, 2.75) is 43.8 Å². The lowest BCUT2D eigenvalue weighted by atomic mass is 9.79. The molecule has 0 atom stereocenters. The van der Waals surface area contributed by atoms with Crippen molar-refractivity contribution in [2.75, 3.05) is 11.8 Å². The fourth-order valence-corrected chi connectivity index (χ4v) is 4.64. The van der Waals surface area contributed by atoms with Crippen LogP contribution in [-0.2, 0) is 19.3 Å². The van der Waals surface area contributed by atoms with Crippen LogP contribution in [0.15, 0.2) is 35.2 Å². The van der Waals surface area contributed by atoms with Gasteiger partial charge < -0.3 is 14.0 Å². The second kappa shape index (κ2) is 7.87. The molecule has 2 aromatic carbocycles. The van der Waals surface area contributed by atoms with Crippen molar-refractivity contribution >= 4 is 51.5 Å². The van der Waals surface area contributed by atoms with Crippen LogP contribution in [0.25, 0.3) is 0 Å². The molecule has 1 heterocycles. The van der Waals surface area contributed by atoms with E-state index in [9.17, 15) is 12.8 Å². The van der Waals surface area contributed by atoms with Gasteiger partial charge in [0.2, 0.25) is 0 Å². The summed E-state index contributed by atoms with van der Waals surface area (Å²) in [4.78, 5) is -0.634. The SMILES string of the molecule is COc1cc(F)c(S(=O)(=O)Nc2cccc(B3OC(C)(C)C(C)(C)O3)c2Cl)cc1Cl. The molecule has 162 valence electrons. The van der Waals surface area contributed by atoms with Gasteiger partial charge in [-0.1, -0.05) is 35.3 Å². The quantitative estimate of drug-likeness (QED) is 0.654. The van der Waals surface area contributed by atoms with Gasteiger partial charge in [0.05, 0.1) is 34.0 Å². The summed E-state index contributed by atoms with van der Waals surface area (Å²) in [6.45, 7) is 7.57. The number of hydrogen-bond acceptors (Lipinski definition) is 5. The van der Waals surface area contributed by atoms with Crippen LogP contribution >= 0.6 is 23.2 Å². The molecule has 11 heteroatoms. The van der Waals surface area contributed by atoms with E-state index in [2.05, 4.69) is 4.72 Å². The molecule has 0 aliphatic carbocycles. The minimum absolute atomic E-state index is 0.0221. The Morgan fingerprint density at radius 3 is 2.27 bits per heavy atom. The Balaban J connectivity index is 1.95. The highest BCUT2D eigenvalue weighted by Crippen LogP contribution is 2.38. The lowest BCUT2D eigenvalue weighted by molar-refractivity contribution is 0.00578. The second-order valence-corrected chi connectivity index (χ2v) is 10.3. The monoisotopic (exact) mass is 475 g/mol. The third kappa shape index (κ3) is 4.14. The molecule has 1 saturated heterocycles. The molecule has 0 spiro atoms. The largest absolute Gasteiger partial charge is 0.496 e. The molecule has 30 heavy (non-hydrogen) atoms. The molecule has 3 rings (SSSR count). The number of nitrogens with one attached hydrogen (secondary N) is 1. The standard InChI is InChI=1S/C19H21BCl2FNO5S/c1-18(2)19(3,4)29-20(28-18)11-7-6-8-14(17(11)22)24-30(25,26)16-9-12(21)15(27-5)10-13(16)23/h6-10,24H,1-5H3. The van der Waals surface area contributed by atoms with Crippen LogP contribution in [0.5, 0.6) is 5.75 Å². The summed E-state index contributed by atoms with van der Waals surface area (Å²) in [5, 5.41) is 0.0379. The third-order valence-corrected chi connectivity index (χ3v) is 7.37. The van der Waals surface area contributed by atoms with Gasteiger partial charge in [-0.3, -0.25) is 4.72 Å². The van der Waals surface area contributed by atoms with E-state index in [0.29, 0.717) is 5.46 Å². The van der Waals surface area contributed by atoms with Gasteiger partial charge in [-0.15, -0.1) is 0 Å². The van der Waals surface area contributed by atoms with E-state index in [1.165, 1.54) is 13.2 Å². The van der Waals surface area contributed by atoms with E-state index in [1.54, 1.807) is 12.1 Å². The van der Waals surface area contributed by atoms with Crippen molar-refractivity contribution in [1.82, 2.24) is 0 Å². The van der Waals surface area contributed by atoms with Crippen LogP contribution in [-0.4, -0.2) is 33.8 Å². The number of hydrogen-bond donors (Lipinski definition) is 1. The minimum Gasteiger partial charge on any atom is -0.495 e. The third-order valence-electron chi connectivity index (χ3n) is 5.28. The number of anilines is 1. The molecule has 0 amide bonds. The minimum atomic E-state index is -4.33. The van der Waals surface area contributed by atoms with Gasteiger partial charge in [-0.2, -0.15) is 0 Å². The maximum absolute atomic E-state index is 14.4. The van der Waals surface area contributed by atoms with Crippen LogP contribution < -0.4 is 14.9 Å². The summed E-state index contributed by atoms with van der Waals surface area (Å²) in [7, 11) is -3.82. The summed E-state index contributed by atoms with van der Waals surface area (Å²) in [5.74, 6) is -0.990. The fraction of sp³-hybridized carbons (Fsp3) is 0.368. The zero-order valence-electron chi connectivity index (χ0n) is 17.0. The van der Waals surface area contributed by atoms with Gasteiger partial charge in [0.25, 0.3) is 10.0 Å². The predicted octanol–water partition coefficient (Wildman–Crippen LogP) is 4.24. The molecule has 0 aromatic heterocycles. The molecule has 2 aromatic rings. The van der Waals surface area contributed by atoms with Crippen LogP contribution in [0.4, 0.5) is 10.1 Å². The Kier molecular flexibility index (Phi) is 6.08. The van der Waals surface area contributed by atoms with E-state index in [4.69, 9.17) is 37.2 Å². The van der Waals surface area contributed by atoms with Crippen molar-refractivity contribution in [1.29, 1.82) is 0 Å². The number of rotatable bonds is 5. The van der Waals surface area contributed by atoms with E-state index in [1.807, 2.05) is 27.7 Å². The van der Waals surface area contributed by atoms with Gasteiger partial charge in [0.15, 0.2) is 0 Å². The molecule has 0 saturated carbocycles. The van der Waals surface area contributed by atoms with E-state index < -0.39 is 39.1 Å². The molecule has 6 nitrogen and oxygen atoms in total. The summed E-state index contributed by atoms with van der Waals surface area (Å²) in [6.07, 6.45) is 0. The van der Waals surface area contributed by atoms with Gasteiger partial charge >= 0.3 is 7.12 Å². The first-order chi connectivity index (χ1) is 13.8. The summed E-state index contributed by atoms with van der Waals surface area (Å²) in [5.41, 5.74) is -0.696. The van der Waals surface area contributed by atoms with Gasteiger partial charge in [-0.25, -0.2) is 12.8 Å². The first-order valence-electron chi connectivity index (χ1n) is 8.99. The predicted molar refractivity (Wildman–Crippen MR) is 116 cm³/mol. The summed E-state index contributed by atoms with van der Waals surface area (Å²) in [6, 6.07) is 6.61. The molecule has 1 aliphatic rings. The lowest BCUT2D eigenvalue weighted by Gasteiger charge is -2.32. The highest BCUT2D eigenvalue weighted by molar-refractivity contribution is 7.92. The van der Waals surface area contributed by atoms with E-state index >= 15 is 0 Å². The molecule has 0 unspecified atom stereocenters. The summed E-state index contributed by atoms with van der Waals surface area (Å²) < 4.78 is 59.1. The Hall–Kier alpha value is -1.52. The maximum atomic E-state index is 14.4. The normalized spacial score (nSPS) is 17.8. The molecular weight excluding hydrogens is 455 g/mol. The number of methoxy groups -OCH3 is 1. The molecule has 1 aliphatic heterocycles. The highest BCUT2D eigenvalue weighted by Gasteiger charge is 2.52. The molecule has 1 fully saturated rings. The van der Waals surface area contributed by atoms with Crippen LogP contribution in [0.1, 0.15) is 27.7 Å². The van der Waals surface area contributed by atoms with Crippen LogP contribution in [0.3, 0.4) is 0 Å². The smallest absolute Gasteiger partial charge is 0.495 e. The number of sulfonamides is 1. The topological polar surface area (TPSA) is 73.9 Å². The van der Waals surface area contributed by atoms with Crippen molar-refractivity contribution in [3.05, 3.63) is 46.2 Å². The average Bonchev–Trinajstić information content (AvgIpc) is 2.85. The maximum Gasteiger partial charge on any atom is 0.496 e. The number of ether oxygens (including phenoxy) is 1. The first kappa shape index (κ1) is 23.2. The van der Waals surface area contributed by atoms with E-state index in [-0.39, 0.29) is 21.5 Å². The Morgan fingerprint density at radius 1 is 1.10 bits per heavy atom. The second-order valence-electron chi connectivity index (χ2n) is 7.82. The van der Waals surface area contributed by atoms with Crippen LogP contribution in [0, 0.1) is 5.82 Å². The Labute approximate surface area is 185 Å². The molecule has 0 bridgehead atoms. The van der Waals surface area contributed by atoms with Gasteiger partial charge in [0, 0.05) is 11.5 Å². The van der Waals surface area contributed by atoms with Crippen molar-refractivity contribution < 1.29 is 26.9 Å². The zero-order valence-corrected chi connectivity index (χ0v) is 19.4. The van der Waals surface area contributed by atoms with Crippen molar-refractivity contribution in [3.63, 3.8) is 0 Å².